The van der Waals surface area contributed by atoms with E-state index in [1.807, 2.05) is 16.3 Å². The van der Waals surface area contributed by atoms with Gasteiger partial charge in [0.2, 0.25) is 5.91 Å². The summed E-state index contributed by atoms with van der Waals surface area (Å²) in [4.78, 5) is 37.4. The summed E-state index contributed by atoms with van der Waals surface area (Å²) < 4.78 is 0. The van der Waals surface area contributed by atoms with E-state index in [0.717, 1.165) is 63.7 Å². The van der Waals surface area contributed by atoms with Crippen LogP contribution in [0.4, 0.5) is 0 Å². The number of benzene rings is 1. The molecule has 2 aliphatic heterocycles. The second-order valence-electron chi connectivity index (χ2n) is 11.6. The van der Waals surface area contributed by atoms with Gasteiger partial charge in [0.1, 0.15) is 5.69 Å². The maximum Gasteiger partial charge on any atom is 0.273 e. The maximum absolute atomic E-state index is 13.1. The lowest BCUT2D eigenvalue weighted by molar-refractivity contribution is -0.134. The first-order valence-corrected chi connectivity index (χ1v) is 13.9. The molecule has 35 heavy (non-hydrogen) atoms. The average molecular weight is 495 g/mol. The van der Waals surface area contributed by atoms with Crippen LogP contribution in [0.15, 0.2) is 35.7 Å². The number of carbonyl (C=O) groups is 2. The molecule has 2 amide bonds. The van der Waals surface area contributed by atoms with E-state index in [4.69, 9.17) is 4.98 Å². The minimum absolute atomic E-state index is 0.0534. The van der Waals surface area contributed by atoms with Crippen LogP contribution < -0.4 is 0 Å². The highest BCUT2D eigenvalue weighted by Crippen LogP contribution is 2.68. The van der Waals surface area contributed by atoms with E-state index in [2.05, 4.69) is 61.8 Å². The number of carbonyl (C=O) groups excluding carboxylic acids is 2. The molecule has 1 aliphatic carbocycles. The third kappa shape index (κ3) is 4.65. The second-order valence-corrected chi connectivity index (χ2v) is 12.5. The Bertz CT molecular complexity index is 1050. The fraction of sp³-hybridized carbons (Fsp3) is 0.607. The van der Waals surface area contributed by atoms with Crippen molar-refractivity contribution < 1.29 is 9.59 Å². The number of hydrogen-bond donors (Lipinski definition) is 0. The molecule has 3 aliphatic rings. The molecule has 7 heteroatoms. The number of likely N-dealkylation sites (tertiary alicyclic amines) is 1. The SMILES string of the molecule is CC1(C)C(C(=O)N2CCC(c3nc(C(=O)N4CCN(Cc5ccccc5)CC4)cs3)CC2)C1(C)C. The van der Waals surface area contributed by atoms with Gasteiger partial charge in [0.25, 0.3) is 5.91 Å². The summed E-state index contributed by atoms with van der Waals surface area (Å²) in [6.07, 6.45) is 1.86. The zero-order valence-electron chi connectivity index (χ0n) is 21.5. The van der Waals surface area contributed by atoms with Crippen molar-refractivity contribution in [3.8, 4) is 0 Å². The van der Waals surface area contributed by atoms with E-state index in [-0.39, 0.29) is 22.7 Å². The highest BCUT2D eigenvalue weighted by atomic mass is 32.1. The first kappa shape index (κ1) is 24.4. The maximum atomic E-state index is 13.1. The molecule has 1 aromatic carbocycles. The van der Waals surface area contributed by atoms with Crippen LogP contribution in [-0.4, -0.2) is 70.8 Å². The van der Waals surface area contributed by atoms with Crippen LogP contribution in [-0.2, 0) is 11.3 Å². The van der Waals surface area contributed by atoms with Gasteiger partial charge in [-0.1, -0.05) is 58.0 Å². The standard InChI is InChI=1S/C28H38N4O2S/c1-27(2)23(28(27,3)4)26(34)31-12-10-21(11-13-31)24-29-22(19-35-24)25(33)32-16-14-30(15-17-32)18-20-8-6-5-7-9-20/h5-9,19,21,23H,10-18H2,1-4H3. The molecule has 0 atom stereocenters. The molecule has 6 nitrogen and oxygen atoms in total. The zero-order valence-corrected chi connectivity index (χ0v) is 22.3. The molecule has 3 fully saturated rings. The molecular formula is C28H38N4O2S. The van der Waals surface area contributed by atoms with Crippen molar-refractivity contribution in [1.29, 1.82) is 0 Å². The number of piperidine rings is 1. The lowest BCUT2D eigenvalue weighted by Gasteiger charge is -2.34. The molecule has 2 saturated heterocycles. The van der Waals surface area contributed by atoms with Crippen molar-refractivity contribution >= 4 is 23.2 Å². The van der Waals surface area contributed by atoms with Crippen molar-refractivity contribution in [2.75, 3.05) is 39.3 Å². The van der Waals surface area contributed by atoms with Gasteiger partial charge in [-0.05, 0) is 29.2 Å². The summed E-state index contributed by atoms with van der Waals surface area (Å²) >= 11 is 1.61. The molecule has 1 aromatic heterocycles. The zero-order chi connectivity index (χ0) is 24.8. The summed E-state index contributed by atoms with van der Waals surface area (Å²) in [6.45, 7) is 14.6. The third-order valence-corrected chi connectivity index (χ3v) is 10.1. The van der Waals surface area contributed by atoms with Crippen LogP contribution in [0.3, 0.4) is 0 Å². The predicted molar refractivity (Wildman–Crippen MR) is 139 cm³/mol. The van der Waals surface area contributed by atoms with Crippen molar-refractivity contribution in [2.45, 2.75) is 53.0 Å². The van der Waals surface area contributed by atoms with Gasteiger partial charge in [-0.3, -0.25) is 14.5 Å². The monoisotopic (exact) mass is 494 g/mol. The van der Waals surface area contributed by atoms with Crippen LogP contribution in [0.5, 0.6) is 0 Å². The molecule has 3 heterocycles. The van der Waals surface area contributed by atoms with Crippen LogP contribution in [0.25, 0.3) is 0 Å². The van der Waals surface area contributed by atoms with Gasteiger partial charge in [-0.25, -0.2) is 4.98 Å². The fourth-order valence-corrected chi connectivity index (χ4v) is 6.99. The Morgan fingerprint density at radius 1 is 0.914 bits per heavy atom. The number of aromatic nitrogens is 1. The normalized spacial score (nSPS) is 22.9. The van der Waals surface area contributed by atoms with E-state index < -0.39 is 0 Å². The quantitative estimate of drug-likeness (QED) is 0.615. The number of rotatable bonds is 5. The first-order valence-electron chi connectivity index (χ1n) is 13.0. The molecule has 0 radical (unpaired) electrons. The highest BCUT2D eigenvalue weighted by Gasteiger charge is 2.68. The van der Waals surface area contributed by atoms with Gasteiger partial charge in [-0.2, -0.15) is 0 Å². The Balaban J connectivity index is 1.11. The summed E-state index contributed by atoms with van der Waals surface area (Å²) in [5.74, 6) is 0.842. The van der Waals surface area contributed by atoms with Gasteiger partial charge in [0, 0.05) is 63.0 Å². The van der Waals surface area contributed by atoms with Crippen molar-refractivity contribution in [2.24, 2.45) is 16.7 Å². The Morgan fingerprint density at radius 3 is 2.14 bits per heavy atom. The molecule has 1 saturated carbocycles. The first-order chi connectivity index (χ1) is 16.7. The lowest BCUT2D eigenvalue weighted by Crippen LogP contribution is -2.48. The highest BCUT2D eigenvalue weighted by molar-refractivity contribution is 7.09. The molecule has 0 spiro atoms. The Hall–Kier alpha value is -2.25. The van der Waals surface area contributed by atoms with Gasteiger partial charge < -0.3 is 9.80 Å². The smallest absolute Gasteiger partial charge is 0.273 e. The van der Waals surface area contributed by atoms with Gasteiger partial charge in [0.05, 0.1) is 5.01 Å². The fourth-order valence-electron chi connectivity index (χ4n) is 6.03. The van der Waals surface area contributed by atoms with Crippen LogP contribution in [0.1, 0.15) is 67.5 Å². The minimum Gasteiger partial charge on any atom is -0.342 e. The van der Waals surface area contributed by atoms with Gasteiger partial charge in [-0.15, -0.1) is 11.3 Å². The number of piperazine rings is 1. The molecule has 0 unspecified atom stereocenters. The Kier molecular flexibility index (Phi) is 6.51. The molecular weight excluding hydrogens is 456 g/mol. The van der Waals surface area contributed by atoms with Crippen molar-refractivity contribution in [3.05, 3.63) is 52.0 Å². The molecule has 5 rings (SSSR count). The third-order valence-electron chi connectivity index (χ3n) is 9.07. The van der Waals surface area contributed by atoms with Crippen LogP contribution in [0, 0.1) is 16.7 Å². The van der Waals surface area contributed by atoms with Crippen molar-refractivity contribution in [3.63, 3.8) is 0 Å². The van der Waals surface area contributed by atoms with E-state index in [9.17, 15) is 9.59 Å². The van der Waals surface area contributed by atoms with Crippen molar-refractivity contribution in [1.82, 2.24) is 19.7 Å². The largest absolute Gasteiger partial charge is 0.342 e. The molecule has 188 valence electrons. The average Bonchev–Trinajstić information content (AvgIpc) is 3.16. The summed E-state index contributed by atoms with van der Waals surface area (Å²) in [6, 6.07) is 10.5. The summed E-state index contributed by atoms with van der Waals surface area (Å²) in [5, 5.41) is 2.98. The minimum atomic E-state index is 0.0534. The van der Waals surface area contributed by atoms with Crippen LogP contribution in [0.2, 0.25) is 0 Å². The number of hydrogen-bond acceptors (Lipinski definition) is 5. The Morgan fingerprint density at radius 2 is 1.54 bits per heavy atom. The van der Waals surface area contributed by atoms with E-state index >= 15 is 0 Å². The Labute approximate surface area is 213 Å². The topological polar surface area (TPSA) is 56.8 Å². The van der Waals surface area contributed by atoms with E-state index in [1.54, 1.807) is 11.3 Å². The number of nitrogens with zero attached hydrogens (tertiary/aromatic N) is 4. The van der Waals surface area contributed by atoms with E-state index in [0.29, 0.717) is 17.5 Å². The predicted octanol–water partition coefficient (Wildman–Crippen LogP) is 4.49. The van der Waals surface area contributed by atoms with Gasteiger partial charge in [0.15, 0.2) is 0 Å². The summed E-state index contributed by atoms with van der Waals surface area (Å²) in [5.41, 5.74) is 2.06. The molecule has 0 bridgehead atoms. The van der Waals surface area contributed by atoms with Gasteiger partial charge >= 0.3 is 0 Å². The van der Waals surface area contributed by atoms with E-state index in [1.165, 1.54) is 5.56 Å². The second kappa shape index (κ2) is 9.32. The lowest BCUT2D eigenvalue weighted by atomic mass is 9.96. The van der Waals surface area contributed by atoms with Crippen LogP contribution >= 0.6 is 11.3 Å². The molecule has 2 aromatic rings. The number of thiazole rings is 1. The molecule has 0 N–H and O–H groups in total. The summed E-state index contributed by atoms with van der Waals surface area (Å²) in [7, 11) is 0. The number of amides is 2.